The quantitative estimate of drug-likeness (QED) is 0.399. The molecule has 176 valence electrons. The van der Waals surface area contributed by atoms with E-state index in [1.54, 1.807) is 42.1 Å². The van der Waals surface area contributed by atoms with E-state index < -0.39 is 0 Å². The summed E-state index contributed by atoms with van der Waals surface area (Å²) in [6, 6.07) is 18.9. The maximum absolute atomic E-state index is 12.9. The fourth-order valence-corrected chi connectivity index (χ4v) is 4.72. The van der Waals surface area contributed by atoms with Crippen molar-refractivity contribution >= 4 is 33.3 Å². The summed E-state index contributed by atoms with van der Waals surface area (Å²) >= 11 is 3.56. The van der Waals surface area contributed by atoms with Crippen LogP contribution in [0.5, 0.6) is 5.75 Å². The van der Waals surface area contributed by atoms with Crippen LogP contribution in [0.1, 0.15) is 28.8 Å². The van der Waals surface area contributed by atoms with Crippen LogP contribution in [0.15, 0.2) is 65.3 Å². The summed E-state index contributed by atoms with van der Waals surface area (Å²) in [6.07, 6.45) is 3.32. The van der Waals surface area contributed by atoms with E-state index in [9.17, 15) is 4.79 Å². The zero-order valence-electron chi connectivity index (χ0n) is 19.1. The first kappa shape index (κ1) is 22.9. The van der Waals surface area contributed by atoms with Crippen LogP contribution in [0.4, 0.5) is 5.82 Å². The third kappa shape index (κ3) is 4.57. The topological polar surface area (TPSA) is 95.5 Å². The van der Waals surface area contributed by atoms with E-state index in [0.29, 0.717) is 29.9 Å². The fraction of sp³-hybridized carbons (Fsp3) is 0.231. The van der Waals surface area contributed by atoms with Crippen molar-refractivity contribution in [2.75, 3.05) is 25.5 Å². The highest BCUT2D eigenvalue weighted by Gasteiger charge is 2.25. The molecule has 8 nitrogen and oxygen atoms in total. The fourth-order valence-electron chi connectivity index (χ4n) is 4.37. The maximum atomic E-state index is 12.9. The third-order valence-electron chi connectivity index (χ3n) is 6.18. The molecule has 3 heterocycles. The number of nitrogens with one attached hydrogen (secondary N) is 1. The normalized spacial score (nSPS) is 14.0. The summed E-state index contributed by atoms with van der Waals surface area (Å²) in [7, 11) is 1.65. The Morgan fingerprint density at radius 2 is 1.97 bits per heavy atom. The number of methoxy groups -OCH3 is 1. The van der Waals surface area contributed by atoms with Crippen LogP contribution in [-0.4, -0.2) is 51.6 Å². The van der Waals surface area contributed by atoms with Crippen LogP contribution < -0.4 is 10.1 Å². The van der Waals surface area contributed by atoms with E-state index in [1.807, 2.05) is 35.2 Å². The molecule has 0 unspecified atom stereocenters. The Balaban J connectivity index is 1.36. The number of anilines is 1. The lowest BCUT2D eigenvalue weighted by Crippen LogP contribution is -2.42. The molecule has 0 spiro atoms. The van der Waals surface area contributed by atoms with Gasteiger partial charge in [-0.3, -0.25) is 4.79 Å². The number of nitrogens with zero attached hydrogens (tertiary/aromatic N) is 5. The molecular formula is C26H23BrN6O2. The van der Waals surface area contributed by atoms with Gasteiger partial charge in [0, 0.05) is 36.3 Å². The second-order valence-electron chi connectivity index (χ2n) is 8.36. The largest absolute Gasteiger partial charge is 0.496 e. The standard InChI is InChI=1S/C26H23BrN6O2/c1-35-23-8-3-2-7-20(23)22-14-24(33-25(31-22)21(27)16-29-33)30-19-9-11-32(12-10-19)26(34)18-6-4-5-17(13-18)15-28/h2-8,13-14,16,19,30H,9-12H2,1H3. The minimum Gasteiger partial charge on any atom is -0.496 e. The van der Waals surface area contributed by atoms with Crippen molar-refractivity contribution in [3.63, 3.8) is 0 Å². The minimum absolute atomic E-state index is 0.0404. The Morgan fingerprint density at radius 1 is 1.17 bits per heavy atom. The monoisotopic (exact) mass is 530 g/mol. The van der Waals surface area contributed by atoms with E-state index in [2.05, 4.69) is 32.4 Å². The van der Waals surface area contributed by atoms with Crippen LogP contribution in [0, 0.1) is 11.3 Å². The molecule has 2 aromatic carbocycles. The Labute approximate surface area is 211 Å². The van der Waals surface area contributed by atoms with Gasteiger partial charge in [0.15, 0.2) is 5.65 Å². The molecule has 0 radical (unpaired) electrons. The number of benzene rings is 2. The highest BCUT2D eigenvalue weighted by atomic mass is 79.9. The second kappa shape index (κ2) is 9.76. The Morgan fingerprint density at radius 3 is 2.74 bits per heavy atom. The van der Waals surface area contributed by atoms with Crippen LogP contribution in [0.25, 0.3) is 16.9 Å². The number of ether oxygens (including phenoxy) is 1. The van der Waals surface area contributed by atoms with Crippen LogP contribution in [0.3, 0.4) is 0 Å². The van der Waals surface area contributed by atoms with E-state index in [1.165, 1.54) is 0 Å². The predicted molar refractivity (Wildman–Crippen MR) is 136 cm³/mol. The van der Waals surface area contributed by atoms with Gasteiger partial charge in [-0.25, -0.2) is 4.98 Å². The van der Waals surface area contributed by atoms with Crippen molar-refractivity contribution in [3.8, 4) is 23.1 Å². The average Bonchev–Trinajstić information content (AvgIpc) is 3.29. The summed E-state index contributed by atoms with van der Waals surface area (Å²) in [6.45, 7) is 1.26. The lowest BCUT2D eigenvalue weighted by atomic mass is 10.0. The number of aromatic nitrogens is 3. The number of hydrogen-bond donors (Lipinski definition) is 1. The number of likely N-dealkylation sites (tertiary alicyclic amines) is 1. The molecule has 0 aliphatic carbocycles. The molecule has 0 atom stereocenters. The Kier molecular flexibility index (Phi) is 6.38. The van der Waals surface area contributed by atoms with Gasteiger partial charge in [-0.1, -0.05) is 18.2 Å². The molecule has 1 fully saturated rings. The lowest BCUT2D eigenvalue weighted by molar-refractivity contribution is 0.0718. The number of amides is 1. The van der Waals surface area contributed by atoms with Crippen molar-refractivity contribution < 1.29 is 9.53 Å². The van der Waals surface area contributed by atoms with E-state index in [4.69, 9.17) is 15.0 Å². The van der Waals surface area contributed by atoms with Gasteiger partial charge in [-0.05, 0) is 59.1 Å². The Hall–Kier alpha value is -3.90. The number of nitriles is 1. The van der Waals surface area contributed by atoms with Crippen LogP contribution >= 0.6 is 15.9 Å². The van der Waals surface area contributed by atoms with E-state index in [0.717, 1.165) is 40.1 Å². The van der Waals surface area contributed by atoms with Gasteiger partial charge in [0.05, 0.1) is 35.1 Å². The summed E-state index contributed by atoms with van der Waals surface area (Å²) < 4.78 is 8.14. The third-order valence-corrected chi connectivity index (χ3v) is 6.74. The number of carbonyl (C=O) groups excluding carboxylic acids is 1. The molecule has 5 rings (SSSR count). The van der Waals surface area contributed by atoms with Gasteiger partial charge >= 0.3 is 0 Å². The van der Waals surface area contributed by atoms with Crippen molar-refractivity contribution in [3.05, 3.63) is 76.4 Å². The number of hydrogen-bond acceptors (Lipinski definition) is 6. The SMILES string of the molecule is COc1ccccc1-c1cc(NC2CCN(C(=O)c3cccc(C#N)c3)CC2)n2ncc(Br)c2n1. The first-order chi connectivity index (χ1) is 17.1. The molecule has 1 amide bonds. The minimum atomic E-state index is -0.0404. The molecule has 0 bridgehead atoms. The average molecular weight is 531 g/mol. The first-order valence-corrected chi connectivity index (χ1v) is 12.1. The summed E-state index contributed by atoms with van der Waals surface area (Å²) in [5.74, 6) is 1.53. The van der Waals surface area contributed by atoms with Crippen LogP contribution in [-0.2, 0) is 0 Å². The number of para-hydroxylation sites is 1. The van der Waals surface area contributed by atoms with Gasteiger partial charge in [0.25, 0.3) is 5.91 Å². The Bertz CT molecular complexity index is 1440. The van der Waals surface area contributed by atoms with Gasteiger partial charge in [-0.15, -0.1) is 0 Å². The number of halogens is 1. The summed E-state index contributed by atoms with van der Waals surface area (Å²) in [5.41, 5.74) is 3.43. The molecular weight excluding hydrogens is 508 g/mol. The van der Waals surface area contributed by atoms with Crippen LogP contribution in [0.2, 0.25) is 0 Å². The summed E-state index contributed by atoms with van der Waals surface area (Å²) in [4.78, 5) is 19.6. The number of rotatable bonds is 5. The number of piperidine rings is 1. The van der Waals surface area contributed by atoms with Gasteiger partial charge in [0.1, 0.15) is 11.6 Å². The molecule has 9 heteroatoms. The predicted octanol–water partition coefficient (Wildman–Crippen LogP) is 4.76. The number of fused-ring (bicyclic) bond motifs is 1. The van der Waals surface area contributed by atoms with Gasteiger partial charge < -0.3 is 15.0 Å². The number of carbonyl (C=O) groups is 1. The highest BCUT2D eigenvalue weighted by Crippen LogP contribution is 2.32. The van der Waals surface area contributed by atoms with Crippen molar-refractivity contribution in [1.29, 1.82) is 5.26 Å². The summed E-state index contributed by atoms with van der Waals surface area (Å²) in [5, 5.41) is 17.2. The molecule has 1 N–H and O–H groups in total. The lowest BCUT2D eigenvalue weighted by Gasteiger charge is -2.33. The van der Waals surface area contributed by atoms with Crippen molar-refractivity contribution in [2.24, 2.45) is 0 Å². The van der Waals surface area contributed by atoms with Gasteiger partial charge in [-0.2, -0.15) is 14.9 Å². The zero-order valence-corrected chi connectivity index (χ0v) is 20.7. The van der Waals surface area contributed by atoms with Crippen molar-refractivity contribution in [1.82, 2.24) is 19.5 Å². The molecule has 0 saturated carbocycles. The van der Waals surface area contributed by atoms with E-state index >= 15 is 0 Å². The molecule has 1 saturated heterocycles. The second-order valence-corrected chi connectivity index (χ2v) is 9.21. The van der Waals surface area contributed by atoms with E-state index in [-0.39, 0.29) is 11.9 Å². The smallest absolute Gasteiger partial charge is 0.253 e. The molecule has 4 aromatic rings. The maximum Gasteiger partial charge on any atom is 0.253 e. The zero-order chi connectivity index (χ0) is 24.4. The highest BCUT2D eigenvalue weighted by molar-refractivity contribution is 9.10. The molecule has 1 aliphatic heterocycles. The van der Waals surface area contributed by atoms with Gasteiger partial charge in [0.2, 0.25) is 0 Å². The van der Waals surface area contributed by atoms with Crippen molar-refractivity contribution in [2.45, 2.75) is 18.9 Å². The first-order valence-electron chi connectivity index (χ1n) is 11.3. The molecule has 2 aromatic heterocycles. The molecule has 35 heavy (non-hydrogen) atoms. The molecule has 1 aliphatic rings.